The molecule has 0 aliphatic rings. The van der Waals surface area contributed by atoms with Gasteiger partial charge in [-0.1, -0.05) is 0 Å². The maximum absolute atomic E-state index is 13.6. The van der Waals surface area contributed by atoms with Crippen LogP contribution in [0.3, 0.4) is 0 Å². The quantitative estimate of drug-likeness (QED) is 0.464. The van der Waals surface area contributed by atoms with E-state index in [-0.39, 0.29) is 12.1 Å². The van der Waals surface area contributed by atoms with Crippen LogP contribution in [0.1, 0.15) is 24.5 Å². The van der Waals surface area contributed by atoms with Crippen LogP contribution in [0.2, 0.25) is 0 Å². The maximum atomic E-state index is 13.6. The highest BCUT2D eigenvalue weighted by atomic mass is 19.1. The summed E-state index contributed by atoms with van der Waals surface area (Å²) in [5.41, 5.74) is 1.42. The smallest absolute Gasteiger partial charge is 0.191 e. The van der Waals surface area contributed by atoms with Gasteiger partial charge >= 0.3 is 0 Å². The van der Waals surface area contributed by atoms with E-state index in [0.717, 1.165) is 31.5 Å². The van der Waals surface area contributed by atoms with Crippen molar-refractivity contribution >= 4 is 5.96 Å². The molecule has 130 valence electrons. The van der Waals surface area contributed by atoms with E-state index in [9.17, 15) is 8.78 Å². The number of hydrogen-bond donors (Lipinski definition) is 2. The zero-order valence-electron chi connectivity index (χ0n) is 14.0. The first kappa shape index (κ1) is 17.9. The molecule has 7 heteroatoms. The van der Waals surface area contributed by atoms with Crippen molar-refractivity contribution in [3.63, 3.8) is 0 Å². The predicted molar refractivity (Wildman–Crippen MR) is 90.7 cm³/mol. The Balaban J connectivity index is 1.85. The Kier molecular flexibility index (Phi) is 6.72. The first-order valence-corrected chi connectivity index (χ1v) is 8.02. The molecule has 0 amide bonds. The summed E-state index contributed by atoms with van der Waals surface area (Å²) in [6.45, 7) is 3.46. The van der Waals surface area contributed by atoms with Gasteiger partial charge in [0.05, 0.1) is 12.7 Å². The van der Waals surface area contributed by atoms with Gasteiger partial charge in [0.25, 0.3) is 0 Å². The lowest BCUT2D eigenvalue weighted by molar-refractivity contribution is 0.585. The number of aryl methyl sites for hydroxylation is 2. The van der Waals surface area contributed by atoms with Gasteiger partial charge in [-0.25, -0.2) is 13.8 Å². The molecule has 2 N–H and O–H groups in total. The average molecular weight is 335 g/mol. The molecule has 5 nitrogen and oxygen atoms in total. The zero-order chi connectivity index (χ0) is 17.4. The topological polar surface area (TPSA) is 54.2 Å². The van der Waals surface area contributed by atoms with Crippen molar-refractivity contribution < 1.29 is 8.78 Å². The van der Waals surface area contributed by atoms with Crippen molar-refractivity contribution in [1.29, 1.82) is 0 Å². The van der Waals surface area contributed by atoms with Crippen LogP contribution < -0.4 is 10.6 Å². The van der Waals surface area contributed by atoms with Crippen molar-refractivity contribution in [2.24, 2.45) is 12.0 Å². The van der Waals surface area contributed by atoms with Crippen molar-refractivity contribution in [1.82, 2.24) is 20.4 Å². The van der Waals surface area contributed by atoms with Gasteiger partial charge in [-0.15, -0.1) is 0 Å². The Morgan fingerprint density at radius 2 is 2.12 bits per heavy atom. The van der Waals surface area contributed by atoms with Gasteiger partial charge in [0.2, 0.25) is 0 Å². The molecule has 0 bridgehead atoms. The van der Waals surface area contributed by atoms with Crippen LogP contribution >= 0.6 is 0 Å². The molecule has 0 unspecified atom stereocenters. The molecule has 0 saturated heterocycles. The van der Waals surface area contributed by atoms with E-state index in [1.54, 1.807) is 4.68 Å². The number of aromatic nitrogens is 2. The minimum Gasteiger partial charge on any atom is -0.357 e. The van der Waals surface area contributed by atoms with Gasteiger partial charge < -0.3 is 10.6 Å². The molecule has 0 aliphatic heterocycles. The number of hydrogen-bond acceptors (Lipinski definition) is 2. The minimum atomic E-state index is -0.462. The monoisotopic (exact) mass is 335 g/mol. The van der Waals surface area contributed by atoms with Crippen LogP contribution in [0.4, 0.5) is 8.78 Å². The molecule has 0 fully saturated rings. The van der Waals surface area contributed by atoms with Gasteiger partial charge in [-0.2, -0.15) is 5.10 Å². The fourth-order valence-corrected chi connectivity index (χ4v) is 2.27. The number of nitrogens with one attached hydrogen (secondary N) is 2. The number of halogens is 2. The lowest BCUT2D eigenvalue weighted by atomic mass is 10.2. The SMILES string of the molecule is CCNC(=NCc1cc(F)ccc1F)NCCCc1cnn(C)c1. The van der Waals surface area contributed by atoms with E-state index < -0.39 is 11.6 Å². The highest BCUT2D eigenvalue weighted by Crippen LogP contribution is 2.10. The molecule has 1 aromatic heterocycles. The second kappa shape index (κ2) is 9.00. The third-order valence-corrected chi connectivity index (χ3v) is 3.45. The van der Waals surface area contributed by atoms with Crippen molar-refractivity contribution in [3.8, 4) is 0 Å². The van der Waals surface area contributed by atoms with Crippen LogP contribution in [0.5, 0.6) is 0 Å². The molecular weight excluding hydrogens is 312 g/mol. The van der Waals surface area contributed by atoms with Crippen molar-refractivity contribution in [2.45, 2.75) is 26.3 Å². The van der Waals surface area contributed by atoms with E-state index >= 15 is 0 Å². The molecule has 0 aliphatic carbocycles. The van der Waals surface area contributed by atoms with E-state index in [1.807, 2.05) is 26.4 Å². The van der Waals surface area contributed by atoms with Crippen LogP contribution in [0.25, 0.3) is 0 Å². The van der Waals surface area contributed by atoms with Crippen LogP contribution in [-0.2, 0) is 20.0 Å². The van der Waals surface area contributed by atoms with Gasteiger partial charge in [0.1, 0.15) is 11.6 Å². The molecular formula is C17H23F2N5. The zero-order valence-corrected chi connectivity index (χ0v) is 14.0. The summed E-state index contributed by atoms with van der Waals surface area (Å²) in [5, 5.41) is 10.4. The third kappa shape index (κ3) is 5.64. The normalized spacial score (nSPS) is 11.6. The lowest BCUT2D eigenvalue weighted by Crippen LogP contribution is -2.37. The summed E-state index contributed by atoms with van der Waals surface area (Å²) < 4.78 is 28.6. The number of nitrogens with zero attached hydrogens (tertiary/aromatic N) is 3. The van der Waals surface area contributed by atoms with E-state index in [4.69, 9.17) is 0 Å². The second-order valence-corrected chi connectivity index (χ2v) is 5.48. The summed E-state index contributed by atoms with van der Waals surface area (Å²) in [6, 6.07) is 3.39. The average Bonchev–Trinajstić information content (AvgIpc) is 2.97. The Bertz CT molecular complexity index is 681. The third-order valence-electron chi connectivity index (χ3n) is 3.45. The van der Waals surface area contributed by atoms with E-state index in [0.29, 0.717) is 12.5 Å². The minimum absolute atomic E-state index is 0.0849. The highest BCUT2D eigenvalue weighted by molar-refractivity contribution is 5.79. The second-order valence-electron chi connectivity index (χ2n) is 5.48. The summed E-state index contributed by atoms with van der Waals surface area (Å²) in [5.74, 6) is -0.323. The first-order valence-electron chi connectivity index (χ1n) is 8.02. The van der Waals surface area contributed by atoms with Crippen LogP contribution in [0, 0.1) is 11.6 Å². The number of benzene rings is 1. The standard InChI is InChI=1S/C17H23F2N5/c1-3-20-17(21-8-4-5-13-10-23-24(2)12-13)22-11-14-9-15(18)6-7-16(14)19/h6-7,9-10,12H,3-5,8,11H2,1-2H3,(H2,20,21,22). The summed E-state index contributed by atoms with van der Waals surface area (Å²) in [4.78, 5) is 4.31. The molecule has 1 aromatic carbocycles. The summed E-state index contributed by atoms with van der Waals surface area (Å²) >= 11 is 0. The van der Waals surface area contributed by atoms with E-state index in [2.05, 4.69) is 20.7 Å². The largest absolute Gasteiger partial charge is 0.357 e. The van der Waals surface area contributed by atoms with Crippen LogP contribution in [-0.4, -0.2) is 28.8 Å². The Morgan fingerprint density at radius 1 is 1.29 bits per heavy atom. The molecule has 1 heterocycles. The van der Waals surface area contributed by atoms with Gasteiger partial charge in [0.15, 0.2) is 5.96 Å². The van der Waals surface area contributed by atoms with Gasteiger partial charge in [-0.3, -0.25) is 4.68 Å². The van der Waals surface area contributed by atoms with Crippen molar-refractivity contribution in [2.75, 3.05) is 13.1 Å². The molecule has 2 rings (SSSR count). The fourth-order valence-electron chi connectivity index (χ4n) is 2.27. The van der Waals surface area contributed by atoms with E-state index in [1.165, 1.54) is 11.6 Å². The summed E-state index contributed by atoms with van der Waals surface area (Å²) in [6.07, 6.45) is 5.68. The molecule has 0 saturated carbocycles. The number of guanidine groups is 1. The number of rotatable bonds is 7. The van der Waals surface area contributed by atoms with Gasteiger partial charge in [0, 0.05) is 31.9 Å². The fraction of sp³-hybridized carbons (Fsp3) is 0.412. The Labute approximate surface area is 140 Å². The van der Waals surface area contributed by atoms with Gasteiger partial charge in [-0.05, 0) is 43.5 Å². The first-order chi connectivity index (χ1) is 11.6. The summed E-state index contributed by atoms with van der Waals surface area (Å²) in [7, 11) is 1.89. The maximum Gasteiger partial charge on any atom is 0.191 e. The molecule has 2 aromatic rings. The molecule has 0 atom stereocenters. The highest BCUT2D eigenvalue weighted by Gasteiger charge is 2.04. The number of aliphatic imine (C=N–C) groups is 1. The predicted octanol–water partition coefficient (Wildman–Crippen LogP) is 2.39. The molecule has 0 radical (unpaired) electrons. The van der Waals surface area contributed by atoms with Crippen LogP contribution in [0.15, 0.2) is 35.6 Å². The molecule has 0 spiro atoms. The molecule has 24 heavy (non-hydrogen) atoms. The Morgan fingerprint density at radius 3 is 2.83 bits per heavy atom. The Hall–Kier alpha value is -2.44. The van der Waals surface area contributed by atoms with Crippen molar-refractivity contribution in [3.05, 3.63) is 53.4 Å². The lowest BCUT2D eigenvalue weighted by Gasteiger charge is -2.11.